The molecule has 0 bridgehead atoms. The van der Waals surface area contributed by atoms with Gasteiger partial charge in [0.15, 0.2) is 5.75 Å². The van der Waals surface area contributed by atoms with Gasteiger partial charge < -0.3 is 18.9 Å². The molecule has 12 heteroatoms. The Morgan fingerprint density at radius 3 is 2.36 bits per heavy atom. The van der Waals surface area contributed by atoms with Gasteiger partial charge in [0, 0.05) is 31.6 Å². The zero-order valence-electron chi connectivity index (χ0n) is 28.7. The van der Waals surface area contributed by atoms with Crippen LogP contribution in [0.2, 0.25) is 0 Å². The standard InChI is InChI=1S/C35H49N5O6S/c1-35(2,3)26-21-27(32(45-6)28(22-26)37-47(7,43)44)36-34(42)46-30-20-25-13-8-12-24(31(25)39(30)5)19-23-11-9-17-40(18-15-23)33(41)29-14-10-16-38(29)4/h8,12-13,20-23,29,37H,9-11,14-19H2,1-7H3,(H,36,42)/t23?,29-/m0/s1. The molecule has 0 radical (unpaired) electrons. The highest BCUT2D eigenvalue weighted by Gasteiger charge is 2.32. The van der Waals surface area contributed by atoms with E-state index < -0.39 is 16.1 Å². The molecule has 2 aliphatic heterocycles. The Hall–Kier alpha value is -3.77. The summed E-state index contributed by atoms with van der Waals surface area (Å²) in [6.07, 6.45) is 6.25. The average molecular weight is 668 g/mol. The summed E-state index contributed by atoms with van der Waals surface area (Å²) < 4.78 is 40.0. The quantitative estimate of drug-likeness (QED) is 0.315. The third-order valence-electron chi connectivity index (χ3n) is 9.46. The van der Waals surface area contributed by atoms with E-state index in [1.165, 1.54) is 12.7 Å². The molecule has 0 saturated carbocycles. The molecule has 11 nitrogen and oxygen atoms in total. The van der Waals surface area contributed by atoms with E-state index in [4.69, 9.17) is 9.47 Å². The predicted octanol–water partition coefficient (Wildman–Crippen LogP) is 5.73. The number of anilines is 2. The number of benzene rings is 2. The second-order valence-electron chi connectivity index (χ2n) is 14.1. The number of ether oxygens (including phenoxy) is 2. The molecular formula is C35H49N5O6S. The summed E-state index contributed by atoms with van der Waals surface area (Å²) in [6, 6.07) is 11.5. The van der Waals surface area contributed by atoms with E-state index in [9.17, 15) is 18.0 Å². The van der Waals surface area contributed by atoms with E-state index >= 15 is 0 Å². The molecule has 47 heavy (non-hydrogen) atoms. The summed E-state index contributed by atoms with van der Waals surface area (Å²) in [6.45, 7) is 8.57. The number of amides is 2. The predicted molar refractivity (Wildman–Crippen MR) is 186 cm³/mol. The molecule has 2 aromatic carbocycles. The van der Waals surface area contributed by atoms with Crippen molar-refractivity contribution in [1.29, 1.82) is 0 Å². The van der Waals surface area contributed by atoms with E-state index in [2.05, 4.69) is 33.0 Å². The SMILES string of the molecule is COc1c(NC(=O)Oc2cc3cccc(CC4CCCN(C(=O)[C@@H]5CCCN5C)CC4)c3n2C)cc(C(C)(C)C)cc1NS(C)(=O)=O. The van der Waals surface area contributed by atoms with E-state index in [-0.39, 0.29) is 34.5 Å². The molecule has 2 saturated heterocycles. The van der Waals surface area contributed by atoms with Crippen molar-refractivity contribution >= 4 is 44.3 Å². The van der Waals surface area contributed by atoms with Crippen LogP contribution in [0.4, 0.5) is 16.2 Å². The fourth-order valence-corrected chi connectivity index (χ4v) is 7.51. The molecule has 2 N–H and O–H groups in total. The van der Waals surface area contributed by atoms with Gasteiger partial charge in [0.2, 0.25) is 21.8 Å². The first-order chi connectivity index (χ1) is 22.1. The van der Waals surface area contributed by atoms with Crippen molar-refractivity contribution in [1.82, 2.24) is 14.4 Å². The molecule has 2 atom stereocenters. The minimum atomic E-state index is -3.61. The van der Waals surface area contributed by atoms with Crippen LogP contribution in [0.3, 0.4) is 0 Å². The molecule has 3 heterocycles. The number of nitrogens with one attached hydrogen (secondary N) is 2. The van der Waals surface area contributed by atoms with Crippen LogP contribution in [0.1, 0.15) is 64.0 Å². The van der Waals surface area contributed by atoms with Crippen molar-refractivity contribution in [3.8, 4) is 11.6 Å². The number of nitrogens with zero attached hydrogens (tertiary/aromatic N) is 3. The molecule has 0 spiro atoms. The topological polar surface area (TPSA) is 122 Å². The molecule has 5 rings (SSSR count). The van der Waals surface area contributed by atoms with Crippen LogP contribution in [-0.2, 0) is 33.7 Å². The maximum atomic E-state index is 13.3. The molecule has 2 aliphatic rings. The number of carbonyl (C=O) groups excluding carboxylic acids is 2. The first kappa shape index (κ1) is 34.6. The van der Waals surface area contributed by atoms with Gasteiger partial charge in [0.1, 0.15) is 0 Å². The number of hydrogen-bond donors (Lipinski definition) is 2. The molecule has 256 valence electrons. The molecule has 1 aromatic heterocycles. The average Bonchev–Trinajstić information content (AvgIpc) is 3.45. The maximum Gasteiger partial charge on any atom is 0.418 e. The third kappa shape index (κ3) is 8.03. The Labute approximate surface area is 278 Å². The molecule has 2 fully saturated rings. The van der Waals surface area contributed by atoms with Crippen LogP contribution in [0, 0.1) is 5.92 Å². The van der Waals surface area contributed by atoms with Crippen LogP contribution in [-0.4, -0.2) is 80.9 Å². The van der Waals surface area contributed by atoms with Crippen LogP contribution in [0.25, 0.3) is 10.9 Å². The molecule has 3 aromatic rings. The van der Waals surface area contributed by atoms with E-state index in [0.29, 0.717) is 11.8 Å². The van der Waals surface area contributed by atoms with Crippen LogP contribution >= 0.6 is 0 Å². The zero-order chi connectivity index (χ0) is 34.1. The lowest BCUT2D eigenvalue weighted by Crippen LogP contribution is -2.44. The summed E-state index contributed by atoms with van der Waals surface area (Å²) in [5.74, 6) is 1.28. The maximum absolute atomic E-state index is 13.3. The van der Waals surface area contributed by atoms with Crippen LogP contribution < -0.4 is 19.5 Å². The van der Waals surface area contributed by atoms with Crippen LogP contribution in [0.5, 0.6) is 11.6 Å². The van der Waals surface area contributed by atoms with Gasteiger partial charge in [-0.25, -0.2) is 13.2 Å². The number of aromatic nitrogens is 1. The lowest BCUT2D eigenvalue weighted by molar-refractivity contribution is -0.135. The number of aryl methyl sites for hydroxylation is 1. The largest absolute Gasteiger partial charge is 0.492 e. The molecule has 0 aliphatic carbocycles. The minimum absolute atomic E-state index is 0.0222. The molecule has 2 amide bonds. The Morgan fingerprint density at radius 1 is 0.979 bits per heavy atom. The highest BCUT2D eigenvalue weighted by Crippen LogP contribution is 2.39. The van der Waals surface area contributed by atoms with Crippen LogP contribution in [0.15, 0.2) is 36.4 Å². The second kappa shape index (κ2) is 13.8. The number of likely N-dealkylation sites (tertiary alicyclic amines) is 2. The van der Waals surface area contributed by atoms with Gasteiger partial charge in [-0.2, -0.15) is 0 Å². The lowest BCUT2D eigenvalue weighted by atomic mass is 9.86. The Morgan fingerprint density at radius 2 is 1.70 bits per heavy atom. The fraction of sp³-hybridized carbons (Fsp3) is 0.543. The van der Waals surface area contributed by atoms with Gasteiger partial charge in [0.05, 0.1) is 36.3 Å². The lowest BCUT2D eigenvalue weighted by Gasteiger charge is -2.27. The van der Waals surface area contributed by atoms with Crippen molar-refractivity contribution in [2.75, 3.05) is 50.1 Å². The Kier molecular flexibility index (Phi) is 10.1. The van der Waals surface area contributed by atoms with Gasteiger partial charge in [-0.15, -0.1) is 0 Å². The Balaban J connectivity index is 1.32. The van der Waals surface area contributed by atoms with Gasteiger partial charge in [-0.3, -0.25) is 19.7 Å². The highest BCUT2D eigenvalue weighted by molar-refractivity contribution is 7.92. The number of carbonyl (C=O) groups is 2. The summed E-state index contributed by atoms with van der Waals surface area (Å²) in [7, 11) is 1.74. The van der Waals surface area contributed by atoms with E-state index in [1.807, 2.05) is 50.6 Å². The number of hydrogen-bond acceptors (Lipinski definition) is 7. The number of methoxy groups -OCH3 is 1. The number of likely N-dealkylation sites (N-methyl/N-ethyl adjacent to an activating group) is 1. The first-order valence-electron chi connectivity index (χ1n) is 16.4. The first-order valence-corrected chi connectivity index (χ1v) is 18.3. The van der Waals surface area contributed by atoms with Gasteiger partial charge in [0.25, 0.3) is 0 Å². The van der Waals surface area contributed by atoms with Crippen molar-refractivity contribution < 1.29 is 27.5 Å². The van der Waals surface area contributed by atoms with Gasteiger partial charge in [-0.1, -0.05) is 39.0 Å². The Bertz CT molecular complexity index is 1740. The number of fused-ring (bicyclic) bond motifs is 1. The van der Waals surface area contributed by atoms with E-state index in [1.54, 1.807) is 12.1 Å². The zero-order valence-corrected chi connectivity index (χ0v) is 29.5. The van der Waals surface area contributed by atoms with E-state index in [0.717, 1.165) is 80.9 Å². The number of para-hydroxylation sites is 1. The molecule has 1 unspecified atom stereocenters. The summed E-state index contributed by atoms with van der Waals surface area (Å²) in [4.78, 5) is 30.8. The molecular weight excluding hydrogens is 618 g/mol. The third-order valence-corrected chi connectivity index (χ3v) is 10.0. The number of sulfonamides is 1. The minimum Gasteiger partial charge on any atom is -0.492 e. The van der Waals surface area contributed by atoms with Gasteiger partial charge >= 0.3 is 6.09 Å². The second-order valence-corrected chi connectivity index (χ2v) is 15.9. The summed E-state index contributed by atoms with van der Waals surface area (Å²) in [5.41, 5.74) is 3.15. The smallest absolute Gasteiger partial charge is 0.418 e. The van der Waals surface area contributed by atoms with Crippen molar-refractivity contribution in [2.45, 2.75) is 70.8 Å². The fourth-order valence-electron chi connectivity index (χ4n) is 6.95. The van der Waals surface area contributed by atoms with Gasteiger partial charge in [-0.05, 0) is 86.7 Å². The highest BCUT2D eigenvalue weighted by atomic mass is 32.2. The number of rotatable bonds is 8. The van der Waals surface area contributed by atoms with Crippen molar-refractivity contribution in [2.24, 2.45) is 13.0 Å². The van der Waals surface area contributed by atoms with Crippen molar-refractivity contribution in [3.05, 3.63) is 47.5 Å². The monoisotopic (exact) mass is 667 g/mol. The summed E-state index contributed by atoms with van der Waals surface area (Å²) >= 11 is 0. The van der Waals surface area contributed by atoms with Crippen molar-refractivity contribution in [3.63, 3.8) is 0 Å². The summed E-state index contributed by atoms with van der Waals surface area (Å²) in [5, 5.41) is 3.74. The normalized spacial score (nSPS) is 19.4.